The van der Waals surface area contributed by atoms with E-state index >= 15 is 0 Å². The van der Waals surface area contributed by atoms with Gasteiger partial charge >= 0.3 is 5.97 Å². The molecule has 0 spiro atoms. The second-order valence-electron chi connectivity index (χ2n) is 9.71. The maximum Gasteiger partial charge on any atom is 0.303 e. The number of hydrogen-bond acceptors (Lipinski definition) is 4. The van der Waals surface area contributed by atoms with Crippen LogP contribution < -0.4 is 0 Å². The lowest BCUT2D eigenvalue weighted by atomic mass is 9.44. The van der Waals surface area contributed by atoms with Crippen molar-refractivity contribution in [2.45, 2.75) is 85.0 Å². The van der Waals surface area contributed by atoms with E-state index in [4.69, 9.17) is 14.3 Å². The Morgan fingerprint density at radius 3 is 2.68 bits per heavy atom. The van der Waals surface area contributed by atoms with Gasteiger partial charge in [0.15, 0.2) is 17.2 Å². The van der Waals surface area contributed by atoms with Crippen molar-refractivity contribution < 1.29 is 28.7 Å². The van der Waals surface area contributed by atoms with Crippen LogP contribution in [0.4, 0.5) is 0 Å². The standard InChI is InChI=1S/C24H34O4/c1-14-12-18-19(22(4)9-6-17(27)13-21(14)22)7-10-23(5)20(18)8-11-24(23,15(2)25)28-16(3)26/h13-14,18-20H,6-12H2,1-5H3/t14-,18?,19?,20?,22?,23?,24-/m0/s1/i2D3,6D2,13D,14D. The van der Waals surface area contributed by atoms with E-state index in [-0.39, 0.29) is 30.6 Å². The molecule has 0 aromatic rings. The van der Waals surface area contributed by atoms with Gasteiger partial charge in [0, 0.05) is 26.9 Å². The van der Waals surface area contributed by atoms with Crippen LogP contribution in [0.3, 0.4) is 0 Å². The van der Waals surface area contributed by atoms with E-state index < -0.39 is 59.1 Å². The third-order valence-electron chi connectivity index (χ3n) is 8.45. The molecule has 0 bridgehead atoms. The fraction of sp³-hybridized carbons (Fsp3) is 0.792. The predicted octanol–water partition coefficient (Wildman–Crippen LogP) is 4.66. The highest BCUT2D eigenvalue weighted by atomic mass is 16.6. The lowest BCUT2D eigenvalue weighted by Gasteiger charge is -2.60. The monoisotopic (exact) mass is 393 g/mol. The highest BCUT2D eigenvalue weighted by molar-refractivity contribution is 5.92. The Labute approximate surface area is 178 Å². The zero-order valence-corrected chi connectivity index (χ0v) is 17.1. The number of allylic oxidation sites excluding steroid dienone is 1. The summed E-state index contributed by atoms with van der Waals surface area (Å²) in [7, 11) is 0. The van der Waals surface area contributed by atoms with Gasteiger partial charge < -0.3 is 4.74 Å². The Morgan fingerprint density at radius 1 is 1.29 bits per heavy atom. The van der Waals surface area contributed by atoms with Crippen LogP contribution in [0.2, 0.25) is 0 Å². The summed E-state index contributed by atoms with van der Waals surface area (Å²) in [4.78, 5) is 38.1. The average Bonchev–Trinajstić information content (AvgIpc) is 2.96. The molecular weight excluding hydrogens is 352 g/mol. The van der Waals surface area contributed by atoms with Crippen LogP contribution in [-0.4, -0.2) is 23.1 Å². The van der Waals surface area contributed by atoms with Crippen LogP contribution in [0.1, 0.15) is 89.0 Å². The molecule has 5 unspecified atom stereocenters. The number of carbonyl (C=O) groups is 3. The Bertz CT molecular complexity index is 1030. The molecule has 3 saturated carbocycles. The van der Waals surface area contributed by atoms with Crippen LogP contribution in [0, 0.1) is 34.5 Å². The van der Waals surface area contributed by atoms with Gasteiger partial charge in [0.1, 0.15) is 0 Å². The van der Waals surface area contributed by atoms with E-state index in [0.29, 0.717) is 31.3 Å². The van der Waals surface area contributed by atoms with E-state index in [1.165, 1.54) is 6.92 Å². The average molecular weight is 394 g/mol. The predicted molar refractivity (Wildman–Crippen MR) is 106 cm³/mol. The minimum atomic E-state index is -2.94. The van der Waals surface area contributed by atoms with Crippen molar-refractivity contribution in [3.05, 3.63) is 11.6 Å². The molecule has 0 amide bonds. The molecule has 3 fully saturated rings. The lowest BCUT2D eigenvalue weighted by molar-refractivity contribution is -0.187. The first-order chi connectivity index (χ1) is 15.7. The molecular formula is C24H34O4. The molecule has 4 rings (SSSR count). The Hall–Kier alpha value is -1.45. The molecule has 0 heterocycles. The molecule has 4 heteroatoms. The quantitative estimate of drug-likeness (QED) is 0.641. The van der Waals surface area contributed by atoms with Gasteiger partial charge in [0.2, 0.25) is 0 Å². The molecule has 0 saturated heterocycles. The summed E-state index contributed by atoms with van der Waals surface area (Å²) in [6.45, 7) is 3.57. The Kier molecular flexibility index (Phi) is 2.91. The second-order valence-corrected chi connectivity index (χ2v) is 9.71. The van der Waals surface area contributed by atoms with E-state index in [9.17, 15) is 14.4 Å². The second kappa shape index (κ2) is 6.27. The molecule has 154 valence electrons. The van der Waals surface area contributed by atoms with Crippen molar-refractivity contribution in [2.75, 3.05) is 0 Å². The molecule has 28 heavy (non-hydrogen) atoms. The van der Waals surface area contributed by atoms with Crippen molar-refractivity contribution in [2.24, 2.45) is 34.5 Å². The molecule has 4 aliphatic carbocycles. The lowest BCUT2D eigenvalue weighted by Crippen LogP contribution is -2.59. The van der Waals surface area contributed by atoms with E-state index in [1.807, 2.05) is 13.8 Å². The molecule has 4 nitrogen and oxygen atoms in total. The van der Waals surface area contributed by atoms with Crippen molar-refractivity contribution in [3.63, 3.8) is 0 Å². The summed E-state index contributed by atoms with van der Waals surface area (Å²) in [5.74, 6) is -4.49. The number of esters is 1. The first-order valence-corrected chi connectivity index (χ1v) is 10.3. The van der Waals surface area contributed by atoms with Gasteiger partial charge in [-0.15, -0.1) is 0 Å². The minimum Gasteiger partial charge on any atom is -0.451 e. The summed E-state index contributed by atoms with van der Waals surface area (Å²) in [5, 5.41) is 0. The van der Waals surface area contributed by atoms with Crippen LogP contribution in [0.25, 0.3) is 0 Å². The summed E-state index contributed by atoms with van der Waals surface area (Å²) in [6.07, 6.45) is -0.609. The summed E-state index contributed by atoms with van der Waals surface area (Å²) < 4.78 is 63.4. The van der Waals surface area contributed by atoms with Gasteiger partial charge in [0.05, 0.1) is 1.37 Å². The van der Waals surface area contributed by atoms with E-state index in [0.717, 1.165) is 0 Å². The molecule has 0 radical (unpaired) electrons. The number of ketones is 2. The van der Waals surface area contributed by atoms with E-state index in [2.05, 4.69) is 0 Å². The van der Waals surface area contributed by atoms with Gasteiger partial charge in [-0.2, -0.15) is 0 Å². The molecule has 0 aromatic heterocycles. The minimum absolute atomic E-state index is 0.0886. The van der Waals surface area contributed by atoms with Gasteiger partial charge in [-0.25, -0.2) is 0 Å². The van der Waals surface area contributed by atoms with Crippen molar-refractivity contribution in [1.82, 2.24) is 0 Å². The Balaban J connectivity index is 1.84. The molecule has 0 aliphatic heterocycles. The van der Waals surface area contributed by atoms with Crippen LogP contribution >= 0.6 is 0 Å². The third-order valence-corrected chi connectivity index (χ3v) is 8.45. The zero-order valence-electron chi connectivity index (χ0n) is 24.1. The van der Waals surface area contributed by atoms with Crippen LogP contribution in [0.15, 0.2) is 11.6 Å². The Morgan fingerprint density at radius 2 is 2.00 bits per heavy atom. The number of Topliss-reactive ketones (excluding diaryl/α,β-unsaturated/α-hetero) is 1. The van der Waals surface area contributed by atoms with Crippen molar-refractivity contribution in [1.29, 1.82) is 0 Å². The number of rotatable bonds is 2. The van der Waals surface area contributed by atoms with Gasteiger partial charge in [-0.1, -0.05) is 26.3 Å². The molecule has 7 atom stereocenters. The van der Waals surface area contributed by atoms with Gasteiger partial charge in [-0.05, 0) is 80.5 Å². The topological polar surface area (TPSA) is 60.4 Å². The maximum atomic E-state index is 13.3. The molecule has 0 aromatic carbocycles. The maximum absolute atomic E-state index is 13.3. The first kappa shape index (κ1) is 13.0. The first-order valence-electron chi connectivity index (χ1n) is 13.8. The van der Waals surface area contributed by atoms with Crippen molar-refractivity contribution >= 4 is 17.5 Å². The third kappa shape index (κ3) is 2.45. The molecule has 0 N–H and O–H groups in total. The summed E-state index contributed by atoms with van der Waals surface area (Å²) >= 11 is 0. The number of carbonyl (C=O) groups excluding carboxylic acids is 3. The van der Waals surface area contributed by atoms with Crippen molar-refractivity contribution in [3.8, 4) is 0 Å². The van der Waals surface area contributed by atoms with Gasteiger partial charge in [0.25, 0.3) is 0 Å². The smallest absolute Gasteiger partial charge is 0.303 e. The zero-order chi connectivity index (χ0) is 26.6. The fourth-order valence-corrected chi connectivity index (χ4v) is 7.21. The van der Waals surface area contributed by atoms with Gasteiger partial charge in [-0.3, -0.25) is 14.4 Å². The van der Waals surface area contributed by atoms with Crippen LogP contribution in [0.5, 0.6) is 0 Å². The van der Waals surface area contributed by atoms with E-state index in [1.54, 1.807) is 6.92 Å². The molecule has 4 aliphatic rings. The largest absolute Gasteiger partial charge is 0.451 e. The number of hydrogen-bond donors (Lipinski definition) is 0. The number of fused-ring (bicyclic) bond motifs is 5. The highest BCUT2D eigenvalue weighted by Crippen LogP contribution is 2.69. The number of ether oxygens (including phenoxy) is 1. The highest BCUT2D eigenvalue weighted by Gasteiger charge is 2.68. The summed E-state index contributed by atoms with van der Waals surface area (Å²) in [6, 6.07) is -0.397. The summed E-state index contributed by atoms with van der Waals surface area (Å²) in [5.41, 5.74) is -3.24. The SMILES string of the molecule is [2H]C1=C2C(C)(CC([2H])([2H])C1=O)C1CCC3(C)C(CC[C@]3(OC(C)=O)C(=O)C([2H])([2H])[2H])C1C[C@]2([2H])C. The normalized spacial score (nSPS) is 56.4. The fourth-order valence-electron chi connectivity index (χ4n) is 7.21. The van der Waals surface area contributed by atoms with Crippen LogP contribution in [-0.2, 0) is 19.1 Å².